The van der Waals surface area contributed by atoms with Gasteiger partial charge in [0.2, 0.25) is 0 Å². The highest BCUT2D eigenvalue weighted by Gasteiger charge is 2.33. The highest BCUT2D eigenvalue weighted by molar-refractivity contribution is 6.30. The molecular weight excluding hydrogens is 258 g/mol. The second-order valence-electron chi connectivity index (χ2n) is 3.92. The molecule has 0 saturated heterocycles. The highest BCUT2D eigenvalue weighted by atomic mass is 35.5. The number of halogens is 1. The Morgan fingerprint density at radius 3 is 2.72 bits per heavy atom. The zero-order valence-corrected chi connectivity index (χ0v) is 10.0. The SMILES string of the molecule is O=C(O)C1=C(O)C(=O)N(Cc2cccc(Cl)c2)C1. The van der Waals surface area contributed by atoms with E-state index in [1.807, 2.05) is 0 Å². The minimum atomic E-state index is -1.28. The van der Waals surface area contributed by atoms with Crippen LogP contribution >= 0.6 is 11.6 Å². The number of nitrogens with zero attached hydrogens (tertiary/aromatic N) is 1. The van der Waals surface area contributed by atoms with Gasteiger partial charge in [0, 0.05) is 11.6 Å². The fourth-order valence-corrected chi connectivity index (χ4v) is 1.98. The molecule has 18 heavy (non-hydrogen) atoms. The lowest BCUT2D eigenvalue weighted by atomic mass is 10.2. The van der Waals surface area contributed by atoms with Crippen LogP contribution in [0.4, 0.5) is 0 Å². The van der Waals surface area contributed by atoms with Crippen LogP contribution < -0.4 is 0 Å². The third-order valence-corrected chi connectivity index (χ3v) is 2.88. The van der Waals surface area contributed by atoms with Crippen LogP contribution in [0.5, 0.6) is 0 Å². The van der Waals surface area contributed by atoms with Gasteiger partial charge in [0.25, 0.3) is 5.91 Å². The molecule has 0 radical (unpaired) electrons. The molecule has 2 N–H and O–H groups in total. The predicted molar refractivity (Wildman–Crippen MR) is 64.2 cm³/mol. The summed E-state index contributed by atoms with van der Waals surface area (Å²) >= 11 is 5.82. The second-order valence-corrected chi connectivity index (χ2v) is 4.36. The van der Waals surface area contributed by atoms with Gasteiger partial charge < -0.3 is 15.1 Å². The van der Waals surface area contributed by atoms with Crippen LogP contribution in [0.1, 0.15) is 5.56 Å². The van der Waals surface area contributed by atoms with E-state index in [9.17, 15) is 14.7 Å². The molecule has 94 valence electrons. The van der Waals surface area contributed by atoms with E-state index >= 15 is 0 Å². The summed E-state index contributed by atoms with van der Waals surface area (Å²) in [5.74, 6) is -2.65. The van der Waals surface area contributed by atoms with Crippen LogP contribution in [0.2, 0.25) is 5.02 Å². The van der Waals surface area contributed by atoms with Crippen molar-refractivity contribution < 1.29 is 19.8 Å². The first-order chi connectivity index (χ1) is 8.49. The van der Waals surface area contributed by atoms with Crippen molar-refractivity contribution >= 4 is 23.5 Å². The van der Waals surface area contributed by atoms with E-state index in [0.717, 1.165) is 5.56 Å². The number of carboxylic acids is 1. The van der Waals surface area contributed by atoms with Crippen molar-refractivity contribution in [3.8, 4) is 0 Å². The third-order valence-electron chi connectivity index (χ3n) is 2.65. The van der Waals surface area contributed by atoms with E-state index in [-0.39, 0.29) is 18.7 Å². The molecule has 1 aromatic rings. The lowest BCUT2D eigenvalue weighted by Crippen LogP contribution is -2.27. The average Bonchev–Trinajstić information content (AvgIpc) is 2.58. The van der Waals surface area contributed by atoms with Gasteiger partial charge in [-0.05, 0) is 17.7 Å². The molecule has 0 bridgehead atoms. The van der Waals surface area contributed by atoms with E-state index in [2.05, 4.69) is 0 Å². The van der Waals surface area contributed by atoms with Crippen molar-refractivity contribution in [3.63, 3.8) is 0 Å². The molecule has 0 aromatic heterocycles. The van der Waals surface area contributed by atoms with Crippen molar-refractivity contribution in [2.75, 3.05) is 6.54 Å². The summed E-state index contributed by atoms with van der Waals surface area (Å²) in [5, 5.41) is 18.8. The summed E-state index contributed by atoms with van der Waals surface area (Å²) in [7, 11) is 0. The number of carbonyl (C=O) groups is 2. The van der Waals surface area contributed by atoms with Crippen molar-refractivity contribution in [1.82, 2.24) is 4.90 Å². The fourth-order valence-electron chi connectivity index (χ4n) is 1.77. The minimum absolute atomic E-state index is 0.105. The molecule has 1 aromatic carbocycles. The normalized spacial score (nSPS) is 15.4. The van der Waals surface area contributed by atoms with Crippen molar-refractivity contribution in [3.05, 3.63) is 46.2 Å². The molecule has 6 heteroatoms. The number of carboxylic acid groups (broad SMARTS) is 1. The Kier molecular flexibility index (Phi) is 3.25. The Morgan fingerprint density at radius 1 is 1.44 bits per heavy atom. The van der Waals surface area contributed by atoms with Crippen molar-refractivity contribution in [2.24, 2.45) is 0 Å². The van der Waals surface area contributed by atoms with Gasteiger partial charge in [-0.25, -0.2) is 4.79 Å². The summed E-state index contributed by atoms with van der Waals surface area (Å²) in [5.41, 5.74) is 0.498. The van der Waals surface area contributed by atoms with E-state index < -0.39 is 17.6 Å². The molecule has 1 aliphatic rings. The molecule has 0 aliphatic carbocycles. The van der Waals surface area contributed by atoms with Gasteiger partial charge in [-0.15, -0.1) is 0 Å². The molecule has 1 heterocycles. The number of aliphatic hydroxyl groups excluding tert-OH is 1. The Labute approximate surface area is 108 Å². The van der Waals surface area contributed by atoms with Crippen LogP contribution in [0, 0.1) is 0 Å². The third kappa shape index (κ3) is 2.31. The van der Waals surface area contributed by atoms with Crippen molar-refractivity contribution in [1.29, 1.82) is 0 Å². The topological polar surface area (TPSA) is 77.8 Å². The van der Waals surface area contributed by atoms with Crippen LogP contribution in [-0.2, 0) is 16.1 Å². The second kappa shape index (κ2) is 4.70. The summed E-state index contributed by atoms with van der Waals surface area (Å²) in [6, 6.07) is 6.90. The molecule has 0 atom stereocenters. The van der Waals surface area contributed by atoms with Crippen LogP contribution in [0.3, 0.4) is 0 Å². The summed E-state index contributed by atoms with van der Waals surface area (Å²) in [6.07, 6.45) is 0. The monoisotopic (exact) mass is 267 g/mol. The highest BCUT2D eigenvalue weighted by Crippen LogP contribution is 2.20. The Morgan fingerprint density at radius 2 is 2.17 bits per heavy atom. The van der Waals surface area contributed by atoms with E-state index in [1.165, 1.54) is 4.90 Å². The first-order valence-corrected chi connectivity index (χ1v) is 5.56. The zero-order chi connectivity index (χ0) is 13.3. The standard InChI is InChI=1S/C12H10ClNO4/c13-8-3-1-2-7(4-8)5-14-6-9(12(17)18)10(15)11(14)16/h1-4,15H,5-6H2,(H,17,18). The number of aliphatic carboxylic acids is 1. The maximum atomic E-state index is 11.6. The largest absolute Gasteiger partial charge is 0.503 e. The Hall–Kier alpha value is -2.01. The van der Waals surface area contributed by atoms with Crippen LogP contribution in [0.25, 0.3) is 0 Å². The smallest absolute Gasteiger partial charge is 0.337 e. The fraction of sp³-hybridized carbons (Fsp3) is 0.167. The van der Waals surface area contributed by atoms with Crippen LogP contribution in [0.15, 0.2) is 35.6 Å². The lowest BCUT2D eigenvalue weighted by molar-refractivity contribution is -0.133. The quantitative estimate of drug-likeness (QED) is 0.872. The van der Waals surface area contributed by atoms with Crippen LogP contribution in [-0.4, -0.2) is 33.5 Å². The number of hydrogen-bond acceptors (Lipinski definition) is 3. The Balaban J connectivity index is 2.15. The average molecular weight is 268 g/mol. The molecule has 1 amide bonds. The molecule has 5 nitrogen and oxygen atoms in total. The number of aliphatic hydroxyl groups is 1. The Bertz CT molecular complexity index is 553. The maximum absolute atomic E-state index is 11.6. The minimum Gasteiger partial charge on any atom is -0.503 e. The van der Waals surface area contributed by atoms with Gasteiger partial charge >= 0.3 is 5.97 Å². The van der Waals surface area contributed by atoms with Gasteiger partial charge in [0.1, 0.15) is 5.57 Å². The number of carbonyl (C=O) groups excluding carboxylic acids is 1. The molecule has 2 rings (SSSR count). The maximum Gasteiger partial charge on any atom is 0.337 e. The number of benzene rings is 1. The molecule has 0 unspecified atom stereocenters. The van der Waals surface area contributed by atoms with E-state index in [0.29, 0.717) is 5.02 Å². The van der Waals surface area contributed by atoms with Gasteiger partial charge in [-0.2, -0.15) is 0 Å². The predicted octanol–water partition coefficient (Wildman–Crippen LogP) is 1.58. The first-order valence-electron chi connectivity index (χ1n) is 5.18. The molecule has 0 saturated carbocycles. The van der Waals surface area contributed by atoms with Crippen molar-refractivity contribution in [2.45, 2.75) is 6.54 Å². The van der Waals surface area contributed by atoms with E-state index in [4.69, 9.17) is 16.7 Å². The number of hydrogen-bond donors (Lipinski definition) is 2. The summed E-state index contributed by atoms with van der Waals surface area (Å²) < 4.78 is 0. The first kappa shape index (κ1) is 12.4. The molecular formula is C12H10ClNO4. The molecule has 1 aliphatic heterocycles. The molecule has 0 fully saturated rings. The zero-order valence-electron chi connectivity index (χ0n) is 9.26. The molecule has 0 spiro atoms. The summed E-state index contributed by atoms with van der Waals surface area (Å²) in [4.78, 5) is 23.7. The van der Waals surface area contributed by atoms with Gasteiger partial charge in [0.05, 0.1) is 6.54 Å². The van der Waals surface area contributed by atoms with Gasteiger partial charge in [0.15, 0.2) is 5.76 Å². The summed E-state index contributed by atoms with van der Waals surface area (Å²) in [6.45, 7) is 0.104. The van der Waals surface area contributed by atoms with Gasteiger partial charge in [-0.3, -0.25) is 4.79 Å². The number of amides is 1. The van der Waals surface area contributed by atoms with Gasteiger partial charge in [-0.1, -0.05) is 23.7 Å². The van der Waals surface area contributed by atoms with E-state index in [1.54, 1.807) is 24.3 Å². The lowest BCUT2D eigenvalue weighted by Gasteiger charge is -2.15. The number of rotatable bonds is 3.